The molecule has 0 unspecified atom stereocenters. The minimum absolute atomic E-state index is 0.926. The zero-order valence-electron chi connectivity index (χ0n) is 10.5. The first kappa shape index (κ1) is 12.7. The number of unbranched alkanes of at least 4 members (excludes halogenated alkanes) is 2. The zero-order chi connectivity index (χ0) is 11.8. The van der Waals surface area contributed by atoms with Crippen molar-refractivity contribution in [3.05, 3.63) is 11.9 Å². The minimum Gasteiger partial charge on any atom is -0.373 e. The van der Waals surface area contributed by atoms with Crippen LogP contribution >= 0.6 is 0 Å². The number of hydrogen-bond acceptors (Lipinski definition) is 4. The number of anilines is 2. The summed E-state index contributed by atoms with van der Waals surface area (Å²) in [4.78, 5) is 8.50. The third kappa shape index (κ3) is 3.36. The number of rotatable bonds is 7. The molecule has 1 aromatic rings. The summed E-state index contributed by atoms with van der Waals surface area (Å²) in [5.74, 6) is 1.90. The molecule has 4 nitrogen and oxygen atoms in total. The largest absolute Gasteiger partial charge is 0.373 e. The van der Waals surface area contributed by atoms with Gasteiger partial charge in [-0.2, -0.15) is 0 Å². The van der Waals surface area contributed by atoms with E-state index in [0.29, 0.717) is 0 Å². The molecular formula is C12H22N4. The number of nitrogens with zero attached hydrogens (tertiary/aromatic N) is 2. The summed E-state index contributed by atoms with van der Waals surface area (Å²) in [5, 5.41) is 6.48. The molecule has 1 aromatic heterocycles. The average Bonchev–Trinajstić information content (AvgIpc) is 2.34. The van der Waals surface area contributed by atoms with E-state index in [-0.39, 0.29) is 0 Å². The molecule has 0 saturated carbocycles. The van der Waals surface area contributed by atoms with E-state index in [9.17, 15) is 0 Å². The maximum atomic E-state index is 4.29. The van der Waals surface area contributed by atoms with E-state index in [0.717, 1.165) is 24.6 Å². The van der Waals surface area contributed by atoms with Gasteiger partial charge in [0.25, 0.3) is 0 Å². The molecule has 0 fully saturated rings. The van der Waals surface area contributed by atoms with E-state index in [4.69, 9.17) is 0 Å². The highest BCUT2D eigenvalue weighted by atomic mass is 15.1. The van der Waals surface area contributed by atoms with Crippen molar-refractivity contribution in [2.75, 3.05) is 24.2 Å². The summed E-state index contributed by atoms with van der Waals surface area (Å²) in [6, 6.07) is 0. The highest BCUT2D eigenvalue weighted by Crippen LogP contribution is 2.19. The van der Waals surface area contributed by atoms with Crippen molar-refractivity contribution in [2.45, 2.75) is 39.5 Å². The first-order valence-electron chi connectivity index (χ1n) is 6.08. The fourth-order valence-electron chi connectivity index (χ4n) is 1.70. The molecule has 2 N–H and O–H groups in total. The Morgan fingerprint density at radius 1 is 1.12 bits per heavy atom. The molecule has 1 heterocycles. The van der Waals surface area contributed by atoms with E-state index >= 15 is 0 Å². The number of hydrogen-bond donors (Lipinski definition) is 2. The van der Waals surface area contributed by atoms with Gasteiger partial charge in [0.15, 0.2) is 0 Å². The molecule has 0 bridgehead atoms. The van der Waals surface area contributed by atoms with Gasteiger partial charge < -0.3 is 10.6 Å². The monoisotopic (exact) mass is 222 g/mol. The predicted octanol–water partition coefficient (Wildman–Crippen LogP) is 2.68. The fourth-order valence-corrected chi connectivity index (χ4v) is 1.70. The van der Waals surface area contributed by atoms with Crippen molar-refractivity contribution in [1.29, 1.82) is 0 Å². The Kier molecular flexibility index (Phi) is 5.61. The van der Waals surface area contributed by atoms with Crippen LogP contribution in [0.5, 0.6) is 0 Å². The summed E-state index contributed by atoms with van der Waals surface area (Å²) in [5.41, 5.74) is 1.17. The zero-order valence-corrected chi connectivity index (χ0v) is 10.5. The van der Waals surface area contributed by atoms with Gasteiger partial charge in [0.05, 0.1) is 0 Å². The average molecular weight is 222 g/mol. The molecular weight excluding hydrogens is 200 g/mol. The van der Waals surface area contributed by atoms with E-state index < -0.39 is 0 Å². The summed E-state index contributed by atoms with van der Waals surface area (Å²) < 4.78 is 0. The van der Waals surface area contributed by atoms with E-state index in [1.165, 1.54) is 24.8 Å². The van der Waals surface area contributed by atoms with Crippen LogP contribution in [0.1, 0.15) is 38.7 Å². The van der Waals surface area contributed by atoms with Crippen LogP contribution in [0.4, 0.5) is 11.6 Å². The van der Waals surface area contributed by atoms with Crippen LogP contribution in [0.2, 0.25) is 0 Å². The maximum absolute atomic E-state index is 4.29. The van der Waals surface area contributed by atoms with Gasteiger partial charge >= 0.3 is 0 Å². The van der Waals surface area contributed by atoms with Crippen molar-refractivity contribution >= 4 is 11.6 Å². The van der Waals surface area contributed by atoms with Crippen molar-refractivity contribution in [2.24, 2.45) is 0 Å². The normalized spacial score (nSPS) is 10.2. The van der Waals surface area contributed by atoms with Gasteiger partial charge in [-0.3, -0.25) is 0 Å². The summed E-state index contributed by atoms with van der Waals surface area (Å²) in [7, 11) is 1.89. The first-order chi connectivity index (χ1) is 7.83. The Balaban J connectivity index is 2.63. The molecule has 0 aliphatic heterocycles. The predicted molar refractivity (Wildman–Crippen MR) is 69.0 cm³/mol. The van der Waals surface area contributed by atoms with Crippen LogP contribution in [0.3, 0.4) is 0 Å². The van der Waals surface area contributed by atoms with Crippen LogP contribution in [0.25, 0.3) is 0 Å². The topological polar surface area (TPSA) is 49.8 Å². The summed E-state index contributed by atoms with van der Waals surface area (Å²) in [6.07, 6.45) is 6.24. The van der Waals surface area contributed by atoms with Gasteiger partial charge in [0.2, 0.25) is 0 Å². The molecule has 90 valence electrons. The van der Waals surface area contributed by atoms with Gasteiger partial charge in [-0.15, -0.1) is 0 Å². The van der Waals surface area contributed by atoms with Crippen LogP contribution in [-0.4, -0.2) is 23.6 Å². The van der Waals surface area contributed by atoms with Crippen LogP contribution < -0.4 is 10.6 Å². The Morgan fingerprint density at radius 2 is 1.88 bits per heavy atom. The fraction of sp³-hybridized carbons (Fsp3) is 0.667. The highest BCUT2D eigenvalue weighted by molar-refractivity contribution is 5.56. The molecule has 0 spiro atoms. The van der Waals surface area contributed by atoms with E-state index in [1.807, 2.05) is 7.05 Å². The number of nitrogens with one attached hydrogen (secondary N) is 2. The molecule has 0 radical (unpaired) electrons. The van der Waals surface area contributed by atoms with Crippen molar-refractivity contribution in [1.82, 2.24) is 9.97 Å². The van der Waals surface area contributed by atoms with Gasteiger partial charge in [-0.25, -0.2) is 9.97 Å². The molecule has 16 heavy (non-hydrogen) atoms. The van der Waals surface area contributed by atoms with Crippen LogP contribution in [-0.2, 0) is 6.42 Å². The number of aromatic nitrogens is 2. The smallest absolute Gasteiger partial charge is 0.134 e. The van der Waals surface area contributed by atoms with Gasteiger partial charge in [0, 0.05) is 19.2 Å². The standard InChI is InChI=1S/C12H22N4/c1-4-6-7-8-14-12-10(5-2)11(13-3)15-9-16-12/h9H,4-8H2,1-3H3,(H2,13,14,15,16). The van der Waals surface area contributed by atoms with Crippen LogP contribution in [0.15, 0.2) is 6.33 Å². The molecule has 0 aromatic carbocycles. The third-order valence-corrected chi connectivity index (χ3v) is 2.61. The third-order valence-electron chi connectivity index (χ3n) is 2.61. The molecule has 0 amide bonds. The lowest BCUT2D eigenvalue weighted by atomic mass is 10.2. The Bertz CT molecular complexity index is 312. The minimum atomic E-state index is 0.926. The maximum Gasteiger partial charge on any atom is 0.134 e. The molecule has 0 saturated heterocycles. The molecule has 4 heteroatoms. The van der Waals surface area contributed by atoms with Gasteiger partial charge in [-0.1, -0.05) is 26.7 Å². The highest BCUT2D eigenvalue weighted by Gasteiger charge is 2.07. The second kappa shape index (κ2) is 7.04. The Labute approximate surface area is 97.9 Å². The van der Waals surface area contributed by atoms with Crippen molar-refractivity contribution < 1.29 is 0 Å². The molecule has 0 aliphatic rings. The SMILES string of the molecule is CCCCCNc1ncnc(NC)c1CC. The molecule has 0 atom stereocenters. The lowest BCUT2D eigenvalue weighted by Crippen LogP contribution is -2.09. The second-order valence-electron chi connectivity index (χ2n) is 3.79. The summed E-state index contributed by atoms with van der Waals surface area (Å²) >= 11 is 0. The van der Waals surface area contributed by atoms with E-state index in [1.54, 1.807) is 6.33 Å². The summed E-state index contributed by atoms with van der Waals surface area (Å²) in [6.45, 7) is 5.32. The Morgan fingerprint density at radius 3 is 2.50 bits per heavy atom. The quantitative estimate of drug-likeness (QED) is 0.696. The molecule has 1 rings (SSSR count). The Hall–Kier alpha value is -1.32. The first-order valence-corrected chi connectivity index (χ1v) is 6.08. The van der Waals surface area contributed by atoms with Crippen molar-refractivity contribution in [3.8, 4) is 0 Å². The van der Waals surface area contributed by atoms with Crippen LogP contribution in [0, 0.1) is 0 Å². The van der Waals surface area contributed by atoms with Crippen molar-refractivity contribution in [3.63, 3.8) is 0 Å². The lowest BCUT2D eigenvalue weighted by Gasteiger charge is -2.12. The second-order valence-corrected chi connectivity index (χ2v) is 3.79. The lowest BCUT2D eigenvalue weighted by molar-refractivity contribution is 0.741. The van der Waals surface area contributed by atoms with Gasteiger partial charge in [0.1, 0.15) is 18.0 Å². The van der Waals surface area contributed by atoms with E-state index in [2.05, 4.69) is 34.4 Å². The van der Waals surface area contributed by atoms with Gasteiger partial charge in [-0.05, 0) is 12.8 Å². The molecule has 0 aliphatic carbocycles.